The van der Waals surface area contributed by atoms with Crippen molar-refractivity contribution in [3.63, 3.8) is 0 Å². The predicted octanol–water partition coefficient (Wildman–Crippen LogP) is 3.33. The largest absolute Gasteiger partial charge is 0.508 e. The van der Waals surface area contributed by atoms with Crippen molar-refractivity contribution >= 4 is 11.5 Å². The third kappa shape index (κ3) is 2.91. The van der Waals surface area contributed by atoms with Gasteiger partial charge in [-0.05, 0) is 23.8 Å². The molecule has 1 aliphatic rings. The van der Waals surface area contributed by atoms with Gasteiger partial charge < -0.3 is 15.0 Å². The maximum absolute atomic E-state index is 12.4. The number of aromatic hydroxyl groups is 1. The summed E-state index contributed by atoms with van der Waals surface area (Å²) in [6, 6.07) is 16.8. The van der Waals surface area contributed by atoms with E-state index in [1.807, 2.05) is 41.0 Å². The summed E-state index contributed by atoms with van der Waals surface area (Å²) >= 11 is 0. The number of carbonyl (C=O) groups is 1. The van der Waals surface area contributed by atoms with E-state index in [0.717, 1.165) is 22.5 Å². The molecule has 0 radical (unpaired) electrons. The molecule has 0 unspecified atom stereocenters. The van der Waals surface area contributed by atoms with E-state index in [9.17, 15) is 9.90 Å². The molecule has 5 nitrogen and oxygen atoms in total. The zero-order valence-electron chi connectivity index (χ0n) is 14.0. The molecule has 0 aliphatic carbocycles. The number of amides is 1. The zero-order chi connectivity index (χ0) is 18.1. The highest BCUT2D eigenvalue weighted by atomic mass is 16.3. The zero-order valence-corrected chi connectivity index (χ0v) is 14.0. The van der Waals surface area contributed by atoms with Crippen molar-refractivity contribution in [3.05, 3.63) is 90.5 Å². The number of carbonyl (C=O) groups excluding carboxylic acids is 1. The summed E-state index contributed by atoms with van der Waals surface area (Å²) in [5.74, 6) is 0.0171. The van der Waals surface area contributed by atoms with Gasteiger partial charge in [0.2, 0.25) is 0 Å². The Balaban J connectivity index is 1.84. The van der Waals surface area contributed by atoms with E-state index < -0.39 is 0 Å². The van der Waals surface area contributed by atoms with Gasteiger partial charge >= 0.3 is 0 Å². The van der Waals surface area contributed by atoms with E-state index in [1.54, 1.807) is 30.6 Å². The number of benzene rings is 2. The predicted molar refractivity (Wildman–Crippen MR) is 100 cm³/mol. The molecule has 3 aromatic rings. The summed E-state index contributed by atoms with van der Waals surface area (Å²) in [5, 5.41) is 12.4. The van der Waals surface area contributed by atoms with E-state index in [0.29, 0.717) is 17.8 Å². The van der Waals surface area contributed by atoms with Crippen LogP contribution >= 0.6 is 0 Å². The quantitative estimate of drug-likeness (QED) is 0.763. The summed E-state index contributed by atoms with van der Waals surface area (Å²) in [6.07, 6.45) is 3.46. The van der Waals surface area contributed by atoms with Crippen LogP contribution in [-0.2, 0) is 11.3 Å². The highest BCUT2D eigenvalue weighted by Gasteiger charge is 2.26. The smallest absolute Gasteiger partial charge is 0.257 e. The number of phenolic OH excluding ortho intramolecular Hbond substituents is 1. The van der Waals surface area contributed by atoms with Crippen molar-refractivity contribution in [1.82, 2.24) is 14.9 Å². The molecule has 0 fully saturated rings. The van der Waals surface area contributed by atoms with Crippen molar-refractivity contribution in [2.75, 3.05) is 0 Å². The SMILES string of the molecule is C=C1C=C(c2c(-c3ccccc3)ncn2Cc2cccc(O)c2)C(=O)N1. The Labute approximate surface area is 150 Å². The van der Waals surface area contributed by atoms with Gasteiger partial charge in [-0.15, -0.1) is 0 Å². The lowest BCUT2D eigenvalue weighted by Crippen LogP contribution is -2.17. The van der Waals surface area contributed by atoms with Crippen LogP contribution in [0.15, 0.2) is 79.3 Å². The topological polar surface area (TPSA) is 67.1 Å². The normalized spacial score (nSPS) is 13.6. The van der Waals surface area contributed by atoms with Gasteiger partial charge in [0.1, 0.15) is 5.75 Å². The third-order valence-electron chi connectivity index (χ3n) is 4.24. The lowest BCUT2D eigenvalue weighted by Gasteiger charge is -2.11. The minimum absolute atomic E-state index is 0.190. The van der Waals surface area contributed by atoms with Gasteiger partial charge in [-0.2, -0.15) is 0 Å². The second-order valence-electron chi connectivity index (χ2n) is 6.14. The molecule has 4 rings (SSSR count). The molecule has 1 aliphatic heterocycles. The van der Waals surface area contributed by atoms with Gasteiger partial charge in [0.05, 0.1) is 23.3 Å². The van der Waals surface area contributed by atoms with E-state index in [-0.39, 0.29) is 11.7 Å². The number of aromatic nitrogens is 2. The first kappa shape index (κ1) is 15.9. The van der Waals surface area contributed by atoms with Crippen LogP contribution in [0.25, 0.3) is 16.8 Å². The molecule has 0 spiro atoms. The van der Waals surface area contributed by atoms with Gasteiger partial charge in [-0.25, -0.2) is 4.98 Å². The average Bonchev–Trinajstić information content (AvgIpc) is 3.18. The molecular formula is C21H17N3O2. The number of nitrogens with zero attached hydrogens (tertiary/aromatic N) is 2. The Kier molecular flexibility index (Phi) is 3.89. The summed E-state index contributed by atoms with van der Waals surface area (Å²) in [5.41, 5.74) is 4.42. The fourth-order valence-electron chi connectivity index (χ4n) is 3.11. The fraction of sp³-hybridized carbons (Fsp3) is 0.0476. The number of rotatable bonds is 4. The summed E-state index contributed by atoms with van der Waals surface area (Å²) in [7, 11) is 0. The molecule has 128 valence electrons. The van der Waals surface area contributed by atoms with Crippen LogP contribution in [0.1, 0.15) is 11.3 Å². The molecule has 5 heteroatoms. The van der Waals surface area contributed by atoms with Gasteiger partial charge in [0.15, 0.2) is 0 Å². The maximum Gasteiger partial charge on any atom is 0.257 e. The Bertz CT molecular complexity index is 1030. The molecule has 1 aromatic heterocycles. The molecule has 0 bridgehead atoms. The lowest BCUT2D eigenvalue weighted by atomic mass is 10.0. The molecule has 2 aromatic carbocycles. The molecule has 1 amide bonds. The van der Waals surface area contributed by atoms with E-state index in [2.05, 4.69) is 16.9 Å². The number of nitrogens with one attached hydrogen (secondary N) is 1. The summed E-state index contributed by atoms with van der Waals surface area (Å²) in [4.78, 5) is 17.0. The van der Waals surface area contributed by atoms with Crippen LogP contribution in [0.3, 0.4) is 0 Å². The Morgan fingerprint density at radius 3 is 2.62 bits per heavy atom. The van der Waals surface area contributed by atoms with Crippen molar-refractivity contribution in [3.8, 4) is 17.0 Å². The highest BCUT2D eigenvalue weighted by Crippen LogP contribution is 2.31. The van der Waals surface area contributed by atoms with Crippen LogP contribution < -0.4 is 5.32 Å². The van der Waals surface area contributed by atoms with Gasteiger partial charge in [0.25, 0.3) is 5.91 Å². The van der Waals surface area contributed by atoms with Crippen molar-refractivity contribution in [1.29, 1.82) is 0 Å². The first-order chi connectivity index (χ1) is 12.6. The van der Waals surface area contributed by atoms with Crippen LogP contribution in [-0.4, -0.2) is 20.6 Å². The molecular weight excluding hydrogens is 326 g/mol. The Morgan fingerprint density at radius 1 is 1.12 bits per heavy atom. The lowest BCUT2D eigenvalue weighted by molar-refractivity contribution is -0.114. The highest BCUT2D eigenvalue weighted by molar-refractivity contribution is 6.24. The maximum atomic E-state index is 12.4. The van der Waals surface area contributed by atoms with Gasteiger partial charge in [0, 0.05) is 17.8 Å². The fourth-order valence-corrected chi connectivity index (χ4v) is 3.11. The van der Waals surface area contributed by atoms with Crippen LogP contribution in [0.4, 0.5) is 0 Å². The summed E-state index contributed by atoms with van der Waals surface area (Å²) < 4.78 is 1.92. The number of phenols is 1. The number of hydrogen-bond donors (Lipinski definition) is 2. The average molecular weight is 343 g/mol. The third-order valence-corrected chi connectivity index (χ3v) is 4.24. The van der Waals surface area contributed by atoms with Gasteiger partial charge in [-0.3, -0.25) is 4.79 Å². The van der Waals surface area contributed by atoms with E-state index in [4.69, 9.17) is 0 Å². The molecule has 2 heterocycles. The minimum atomic E-state index is -0.190. The van der Waals surface area contributed by atoms with Crippen molar-refractivity contribution in [2.24, 2.45) is 0 Å². The summed E-state index contributed by atoms with van der Waals surface area (Å²) in [6.45, 7) is 4.31. The molecule has 0 saturated carbocycles. The van der Waals surface area contributed by atoms with Crippen molar-refractivity contribution < 1.29 is 9.90 Å². The second kappa shape index (κ2) is 6.37. The standard InChI is InChI=1S/C21H17N3O2/c1-14-10-18(21(26)23-14)20-19(16-7-3-2-4-8-16)22-13-24(20)12-15-6-5-9-17(25)11-15/h2-11,13,25H,1,12H2,(H,23,26). The Morgan fingerprint density at radius 2 is 1.92 bits per heavy atom. The number of allylic oxidation sites excluding steroid dienone is 1. The van der Waals surface area contributed by atoms with Crippen LogP contribution in [0.5, 0.6) is 5.75 Å². The molecule has 0 atom stereocenters. The van der Waals surface area contributed by atoms with Gasteiger partial charge in [-0.1, -0.05) is 49.0 Å². The minimum Gasteiger partial charge on any atom is -0.508 e. The molecule has 0 saturated heterocycles. The van der Waals surface area contributed by atoms with Crippen molar-refractivity contribution in [2.45, 2.75) is 6.54 Å². The van der Waals surface area contributed by atoms with E-state index >= 15 is 0 Å². The van der Waals surface area contributed by atoms with E-state index in [1.165, 1.54) is 0 Å². The van der Waals surface area contributed by atoms with Crippen LogP contribution in [0.2, 0.25) is 0 Å². The molecule has 26 heavy (non-hydrogen) atoms. The molecule has 2 N–H and O–H groups in total. The number of imidazole rings is 1. The first-order valence-corrected chi connectivity index (χ1v) is 8.22. The second-order valence-corrected chi connectivity index (χ2v) is 6.14. The monoisotopic (exact) mass is 343 g/mol. The first-order valence-electron chi connectivity index (χ1n) is 8.22. The Hall–Kier alpha value is -3.60. The number of hydrogen-bond acceptors (Lipinski definition) is 3. The van der Waals surface area contributed by atoms with Crippen LogP contribution in [0, 0.1) is 0 Å².